The summed E-state index contributed by atoms with van der Waals surface area (Å²) >= 11 is 0. The third-order valence-electron chi connectivity index (χ3n) is 2.11. The zero-order valence-corrected chi connectivity index (χ0v) is 8.97. The van der Waals surface area contributed by atoms with Gasteiger partial charge in [-0.3, -0.25) is 0 Å². The number of halogens is 3. The Morgan fingerprint density at radius 2 is 2.06 bits per heavy atom. The molecule has 0 aliphatic carbocycles. The highest BCUT2D eigenvalue weighted by Crippen LogP contribution is 2.33. The van der Waals surface area contributed by atoms with Gasteiger partial charge in [0, 0.05) is 12.0 Å². The van der Waals surface area contributed by atoms with Crippen LogP contribution in [-0.2, 0) is 5.92 Å². The van der Waals surface area contributed by atoms with Gasteiger partial charge in [0.2, 0.25) is 0 Å². The summed E-state index contributed by atoms with van der Waals surface area (Å²) in [5.41, 5.74) is 4.69. The molecule has 0 radical (unpaired) electrons. The first-order valence-electron chi connectivity index (χ1n) is 5.02. The molecule has 0 aromatic heterocycles. The van der Waals surface area contributed by atoms with Crippen molar-refractivity contribution in [2.24, 2.45) is 5.73 Å². The summed E-state index contributed by atoms with van der Waals surface area (Å²) in [5.74, 6) is -3.90. The van der Waals surface area contributed by atoms with E-state index in [4.69, 9.17) is 10.5 Å². The second-order valence-electron chi connectivity index (χ2n) is 3.32. The summed E-state index contributed by atoms with van der Waals surface area (Å²) in [7, 11) is 0. The van der Waals surface area contributed by atoms with Crippen LogP contribution in [0.25, 0.3) is 0 Å². The monoisotopic (exact) mass is 233 g/mol. The predicted octanol–water partition coefficient (Wildman–Crippen LogP) is 2.67. The first-order chi connectivity index (χ1) is 7.51. The maximum Gasteiger partial charge on any atom is 0.274 e. The van der Waals surface area contributed by atoms with Gasteiger partial charge < -0.3 is 10.5 Å². The van der Waals surface area contributed by atoms with Crippen LogP contribution >= 0.6 is 0 Å². The lowest BCUT2D eigenvalue weighted by Gasteiger charge is -2.16. The van der Waals surface area contributed by atoms with Crippen molar-refractivity contribution in [3.8, 4) is 5.75 Å². The fourth-order valence-corrected chi connectivity index (χ4v) is 1.33. The minimum Gasteiger partial charge on any atom is -0.491 e. The predicted molar refractivity (Wildman–Crippen MR) is 55.1 cm³/mol. The van der Waals surface area contributed by atoms with Crippen molar-refractivity contribution in [3.63, 3.8) is 0 Å². The fraction of sp³-hybridized carbons (Fsp3) is 0.455. The van der Waals surface area contributed by atoms with Crippen LogP contribution in [0, 0.1) is 5.82 Å². The largest absolute Gasteiger partial charge is 0.491 e. The third kappa shape index (κ3) is 2.88. The molecule has 0 fully saturated rings. The van der Waals surface area contributed by atoms with Gasteiger partial charge >= 0.3 is 0 Å². The van der Waals surface area contributed by atoms with Crippen molar-refractivity contribution >= 4 is 0 Å². The molecule has 0 spiro atoms. The highest BCUT2D eigenvalue weighted by molar-refractivity contribution is 5.31. The van der Waals surface area contributed by atoms with E-state index in [1.54, 1.807) is 6.92 Å². The number of hydrogen-bond acceptors (Lipinski definition) is 2. The second-order valence-corrected chi connectivity index (χ2v) is 3.32. The van der Waals surface area contributed by atoms with Gasteiger partial charge in [0.1, 0.15) is 0 Å². The standard InChI is InChI=1S/C11H14F3NO/c1-2-16-10-4-3-8(7-9(10)12)11(13,14)5-6-15/h3-4,7H,2,5-6,15H2,1H3. The Balaban J connectivity index is 2.96. The number of ether oxygens (including phenoxy) is 1. The van der Waals surface area contributed by atoms with Gasteiger partial charge in [-0.25, -0.2) is 13.2 Å². The van der Waals surface area contributed by atoms with E-state index in [1.165, 1.54) is 6.07 Å². The van der Waals surface area contributed by atoms with Crippen LogP contribution in [0.5, 0.6) is 5.75 Å². The SMILES string of the molecule is CCOc1ccc(C(F)(F)CCN)cc1F. The van der Waals surface area contributed by atoms with Crippen LogP contribution in [0.15, 0.2) is 18.2 Å². The van der Waals surface area contributed by atoms with E-state index < -0.39 is 18.2 Å². The van der Waals surface area contributed by atoms with Crippen LogP contribution in [-0.4, -0.2) is 13.2 Å². The molecule has 0 saturated heterocycles. The van der Waals surface area contributed by atoms with Crippen LogP contribution in [0.2, 0.25) is 0 Å². The molecule has 0 amide bonds. The molecule has 2 nitrogen and oxygen atoms in total. The molecular weight excluding hydrogens is 219 g/mol. The maximum absolute atomic E-state index is 13.4. The number of benzene rings is 1. The number of rotatable bonds is 5. The van der Waals surface area contributed by atoms with Crippen LogP contribution in [0.4, 0.5) is 13.2 Å². The van der Waals surface area contributed by atoms with Gasteiger partial charge in [-0.2, -0.15) is 0 Å². The van der Waals surface area contributed by atoms with Crippen molar-refractivity contribution in [2.75, 3.05) is 13.2 Å². The molecule has 0 bridgehead atoms. The molecule has 16 heavy (non-hydrogen) atoms. The Morgan fingerprint density at radius 1 is 1.38 bits per heavy atom. The van der Waals surface area contributed by atoms with Crippen LogP contribution in [0.1, 0.15) is 18.9 Å². The van der Waals surface area contributed by atoms with Crippen LogP contribution < -0.4 is 10.5 Å². The number of alkyl halides is 2. The Labute approximate surface area is 92.2 Å². The van der Waals surface area contributed by atoms with Gasteiger partial charge in [0.05, 0.1) is 6.61 Å². The fourth-order valence-electron chi connectivity index (χ4n) is 1.33. The van der Waals surface area contributed by atoms with E-state index in [0.29, 0.717) is 0 Å². The van der Waals surface area contributed by atoms with Crippen molar-refractivity contribution < 1.29 is 17.9 Å². The molecule has 0 heterocycles. The van der Waals surface area contributed by atoms with Crippen LogP contribution in [0.3, 0.4) is 0 Å². The van der Waals surface area contributed by atoms with Gasteiger partial charge in [-0.15, -0.1) is 0 Å². The van der Waals surface area contributed by atoms with Crippen molar-refractivity contribution in [1.29, 1.82) is 0 Å². The molecule has 1 aromatic rings. The molecule has 1 aromatic carbocycles. The van der Waals surface area contributed by atoms with Gasteiger partial charge in [0.15, 0.2) is 11.6 Å². The van der Waals surface area contributed by atoms with E-state index >= 15 is 0 Å². The van der Waals surface area contributed by atoms with Crippen molar-refractivity contribution in [1.82, 2.24) is 0 Å². The normalized spacial score (nSPS) is 11.6. The van der Waals surface area contributed by atoms with E-state index in [-0.39, 0.29) is 24.5 Å². The smallest absolute Gasteiger partial charge is 0.274 e. The topological polar surface area (TPSA) is 35.2 Å². The zero-order chi connectivity index (χ0) is 12.2. The lowest BCUT2D eigenvalue weighted by Crippen LogP contribution is -2.18. The molecular formula is C11H14F3NO. The van der Waals surface area contributed by atoms with Crippen molar-refractivity contribution in [2.45, 2.75) is 19.3 Å². The molecule has 1 rings (SSSR count). The number of nitrogens with two attached hydrogens (primary N) is 1. The Morgan fingerprint density at radius 3 is 2.56 bits per heavy atom. The van der Waals surface area contributed by atoms with E-state index in [0.717, 1.165) is 12.1 Å². The Bertz CT molecular complexity index is 355. The molecule has 0 unspecified atom stereocenters. The quantitative estimate of drug-likeness (QED) is 0.848. The number of hydrogen-bond donors (Lipinski definition) is 1. The lowest BCUT2D eigenvalue weighted by atomic mass is 10.1. The highest BCUT2D eigenvalue weighted by Gasteiger charge is 2.31. The summed E-state index contributed by atoms with van der Waals surface area (Å²) in [6, 6.07) is 3.16. The van der Waals surface area contributed by atoms with E-state index in [9.17, 15) is 13.2 Å². The molecule has 0 aliphatic rings. The minimum atomic E-state index is -3.10. The molecule has 0 aliphatic heterocycles. The summed E-state index contributed by atoms with van der Waals surface area (Å²) < 4.78 is 45.0. The summed E-state index contributed by atoms with van der Waals surface area (Å²) in [5, 5.41) is 0. The lowest BCUT2D eigenvalue weighted by molar-refractivity contribution is -0.0110. The zero-order valence-electron chi connectivity index (χ0n) is 8.97. The average molecular weight is 233 g/mol. The molecule has 0 atom stereocenters. The highest BCUT2D eigenvalue weighted by atomic mass is 19.3. The first kappa shape index (κ1) is 12.8. The summed E-state index contributed by atoms with van der Waals surface area (Å²) in [6.45, 7) is 1.83. The summed E-state index contributed by atoms with van der Waals surface area (Å²) in [4.78, 5) is 0. The first-order valence-corrected chi connectivity index (χ1v) is 5.02. The summed E-state index contributed by atoms with van der Waals surface area (Å²) in [6.07, 6.45) is -0.500. The molecule has 90 valence electrons. The Kier molecular flexibility index (Phi) is 4.18. The molecule has 2 N–H and O–H groups in total. The van der Waals surface area contributed by atoms with E-state index in [1.807, 2.05) is 0 Å². The third-order valence-corrected chi connectivity index (χ3v) is 2.11. The minimum absolute atomic E-state index is 0.0187. The Hall–Kier alpha value is -1.23. The molecule has 5 heteroatoms. The van der Waals surface area contributed by atoms with Gasteiger partial charge in [-0.1, -0.05) is 0 Å². The second kappa shape index (κ2) is 5.21. The maximum atomic E-state index is 13.4. The molecule has 0 saturated carbocycles. The van der Waals surface area contributed by atoms with E-state index in [2.05, 4.69) is 0 Å². The van der Waals surface area contributed by atoms with Crippen molar-refractivity contribution in [3.05, 3.63) is 29.6 Å². The average Bonchev–Trinajstić information content (AvgIpc) is 2.21. The van der Waals surface area contributed by atoms with Gasteiger partial charge in [-0.05, 0) is 31.7 Å². The van der Waals surface area contributed by atoms with Gasteiger partial charge in [0.25, 0.3) is 5.92 Å².